The molecule has 0 radical (unpaired) electrons. The summed E-state index contributed by atoms with van der Waals surface area (Å²) in [6, 6.07) is 12.6. The van der Waals surface area contributed by atoms with Gasteiger partial charge in [-0.25, -0.2) is 0 Å². The lowest BCUT2D eigenvalue weighted by atomic mass is 10.1. The van der Waals surface area contributed by atoms with Crippen LogP contribution in [0.5, 0.6) is 0 Å². The lowest BCUT2D eigenvalue weighted by Gasteiger charge is -1.99. The molecule has 16 heavy (non-hydrogen) atoms. The third-order valence-corrected chi connectivity index (χ3v) is 3.34. The van der Waals surface area contributed by atoms with E-state index < -0.39 is 0 Å². The van der Waals surface area contributed by atoms with Crippen LogP contribution >= 0.6 is 11.3 Å². The molecule has 3 nitrogen and oxygen atoms in total. The van der Waals surface area contributed by atoms with Crippen molar-refractivity contribution in [2.45, 2.75) is 0 Å². The Balaban J connectivity index is 1.97. The molecule has 0 unspecified atom stereocenters. The first-order chi connectivity index (χ1) is 7.93. The van der Waals surface area contributed by atoms with Crippen LogP contribution in [0.25, 0.3) is 21.7 Å². The van der Waals surface area contributed by atoms with Crippen LogP contribution in [0, 0.1) is 0 Å². The summed E-state index contributed by atoms with van der Waals surface area (Å²) in [6.45, 7) is 0. The predicted molar refractivity (Wildman–Crippen MR) is 65.1 cm³/mol. The fourth-order valence-electron chi connectivity index (χ4n) is 1.59. The maximum Gasteiger partial charge on any atom is 0.0853 e. The van der Waals surface area contributed by atoms with Crippen molar-refractivity contribution in [2.75, 3.05) is 0 Å². The van der Waals surface area contributed by atoms with Crippen molar-refractivity contribution in [3.63, 3.8) is 0 Å². The number of aromatic nitrogens is 3. The summed E-state index contributed by atoms with van der Waals surface area (Å²) in [4.78, 5) is 1.29. The normalized spacial score (nSPS) is 10.5. The summed E-state index contributed by atoms with van der Waals surface area (Å²) in [5.74, 6) is 0. The van der Waals surface area contributed by atoms with Gasteiger partial charge in [-0.2, -0.15) is 0 Å². The van der Waals surface area contributed by atoms with E-state index in [1.54, 1.807) is 17.5 Å². The van der Waals surface area contributed by atoms with E-state index in [9.17, 15) is 0 Å². The molecule has 1 aromatic carbocycles. The molecule has 0 fully saturated rings. The Morgan fingerprint density at radius 1 is 1.00 bits per heavy atom. The number of benzene rings is 1. The molecule has 1 N–H and O–H groups in total. The number of aromatic amines is 1. The van der Waals surface area contributed by atoms with Gasteiger partial charge in [-0.05, 0) is 17.0 Å². The minimum atomic E-state index is 0.942. The smallest absolute Gasteiger partial charge is 0.0853 e. The van der Waals surface area contributed by atoms with Crippen LogP contribution in [-0.2, 0) is 0 Å². The standard InChI is InChI=1S/C12H9N3S/c1-2-12(16-7-1)10-5-3-9(4-6-10)11-8-13-15-14-11/h1-8H,(H,13,14,15). The molecule has 3 rings (SSSR count). The van der Waals surface area contributed by atoms with E-state index in [0.717, 1.165) is 11.3 Å². The fourth-order valence-corrected chi connectivity index (χ4v) is 2.33. The second-order valence-corrected chi connectivity index (χ2v) is 4.37. The summed E-state index contributed by atoms with van der Waals surface area (Å²) in [6.07, 6.45) is 1.72. The molecule has 0 atom stereocenters. The highest BCUT2D eigenvalue weighted by molar-refractivity contribution is 7.13. The quantitative estimate of drug-likeness (QED) is 0.730. The number of thiophene rings is 1. The van der Waals surface area contributed by atoms with Gasteiger partial charge in [0, 0.05) is 10.4 Å². The first-order valence-corrected chi connectivity index (χ1v) is 5.82. The number of H-pyrrole nitrogens is 1. The van der Waals surface area contributed by atoms with E-state index in [1.807, 2.05) is 0 Å². The second-order valence-electron chi connectivity index (χ2n) is 3.42. The highest BCUT2D eigenvalue weighted by Crippen LogP contribution is 2.26. The molecule has 2 aromatic heterocycles. The van der Waals surface area contributed by atoms with Gasteiger partial charge >= 0.3 is 0 Å². The highest BCUT2D eigenvalue weighted by Gasteiger charge is 2.01. The van der Waals surface area contributed by atoms with Crippen molar-refractivity contribution in [3.05, 3.63) is 48.0 Å². The van der Waals surface area contributed by atoms with Gasteiger partial charge in [-0.1, -0.05) is 35.5 Å². The van der Waals surface area contributed by atoms with Gasteiger partial charge in [-0.3, -0.25) is 5.10 Å². The average molecular weight is 227 g/mol. The second kappa shape index (κ2) is 3.90. The molecule has 0 saturated carbocycles. The Morgan fingerprint density at radius 2 is 1.81 bits per heavy atom. The van der Waals surface area contributed by atoms with Gasteiger partial charge in [0.25, 0.3) is 0 Å². The van der Waals surface area contributed by atoms with Gasteiger partial charge in [0.15, 0.2) is 0 Å². The summed E-state index contributed by atoms with van der Waals surface area (Å²) in [5.41, 5.74) is 3.29. The van der Waals surface area contributed by atoms with E-state index >= 15 is 0 Å². The lowest BCUT2D eigenvalue weighted by Crippen LogP contribution is -1.78. The highest BCUT2D eigenvalue weighted by atomic mass is 32.1. The SMILES string of the molecule is c1csc(-c2ccc(-c3cnn[nH]3)cc2)c1. The molecular formula is C12H9N3S. The predicted octanol–water partition coefficient (Wildman–Crippen LogP) is 3.20. The van der Waals surface area contributed by atoms with E-state index in [1.165, 1.54) is 10.4 Å². The zero-order chi connectivity index (χ0) is 10.8. The van der Waals surface area contributed by atoms with Gasteiger partial charge in [-0.15, -0.1) is 16.4 Å². The molecule has 0 aliphatic carbocycles. The minimum absolute atomic E-state index is 0.942. The molecule has 0 saturated heterocycles. The Kier molecular flexibility index (Phi) is 2.27. The Hall–Kier alpha value is -1.94. The summed E-state index contributed by atoms with van der Waals surface area (Å²) >= 11 is 1.75. The van der Waals surface area contributed by atoms with Crippen molar-refractivity contribution in [1.82, 2.24) is 15.4 Å². The van der Waals surface area contributed by atoms with E-state index in [-0.39, 0.29) is 0 Å². The number of nitrogens with one attached hydrogen (secondary N) is 1. The Morgan fingerprint density at radius 3 is 2.44 bits per heavy atom. The van der Waals surface area contributed by atoms with Gasteiger partial charge in [0.1, 0.15) is 0 Å². The topological polar surface area (TPSA) is 41.6 Å². The molecule has 3 aromatic rings. The van der Waals surface area contributed by atoms with E-state index in [0.29, 0.717) is 0 Å². The van der Waals surface area contributed by atoms with Crippen LogP contribution in [0.4, 0.5) is 0 Å². The average Bonchev–Trinajstić information content (AvgIpc) is 3.03. The first kappa shape index (κ1) is 9.30. The molecule has 0 aliphatic heterocycles. The number of nitrogens with zero attached hydrogens (tertiary/aromatic N) is 2. The lowest BCUT2D eigenvalue weighted by molar-refractivity contribution is 0.942. The van der Waals surface area contributed by atoms with Crippen molar-refractivity contribution >= 4 is 11.3 Å². The monoisotopic (exact) mass is 227 g/mol. The largest absolute Gasteiger partial charge is 0.258 e. The number of hydrogen-bond acceptors (Lipinski definition) is 3. The zero-order valence-corrected chi connectivity index (χ0v) is 9.24. The fraction of sp³-hybridized carbons (Fsp3) is 0. The van der Waals surface area contributed by atoms with Crippen LogP contribution in [0.3, 0.4) is 0 Å². The van der Waals surface area contributed by atoms with Crippen LogP contribution in [0.1, 0.15) is 0 Å². The molecule has 4 heteroatoms. The summed E-state index contributed by atoms with van der Waals surface area (Å²) in [5, 5.41) is 12.4. The zero-order valence-electron chi connectivity index (χ0n) is 8.42. The van der Waals surface area contributed by atoms with Crippen molar-refractivity contribution < 1.29 is 0 Å². The molecule has 0 spiro atoms. The van der Waals surface area contributed by atoms with Crippen molar-refractivity contribution in [3.8, 4) is 21.7 Å². The van der Waals surface area contributed by atoms with Gasteiger partial charge in [0.05, 0.1) is 11.9 Å². The molecule has 0 bridgehead atoms. The Labute approximate surface area is 96.8 Å². The van der Waals surface area contributed by atoms with Gasteiger partial charge in [0.2, 0.25) is 0 Å². The number of hydrogen-bond donors (Lipinski definition) is 1. The van der Waals surface area contributed by atoms with Crippen LogP contribution in [-0.4, -0.2) is 15.4 Å². The van der Waals surface area contributed by atoms with Crippen molar-refractivity contribution in [1.29, 1.82) is 0 Å². The molecule has 0 amide bonds. The minimum Gasteiger partial charge on any atom is -0.258 e. The maximum atomic E-state index is 3.77. The molecule has 2 heterocycles. The van der Waals surface area contributed by atoms with Crippen LogP contribution in [0.2, 0.25) is 0 Å². The Bertz CT molecular complexity index is 500. The number of rotatable bonds is 2. The third kappa shape index (κ3) is 1.63. The first-order valence-electron chi connectivity index (χ1n) is 4.94. The summed E-state index contributed by atoms with van der Waals surface area (Å²) < 4.78 is 0. The van der Waals surface area contributed by atoms with Crippen LogP contribution < -0.4 is 0 Å². The summed E-state index contributed by atoms with van der Waals surface area (Å²) in [7, 11) is 0. The molecule has 0 aliphatic rings. The molecular weight excluding hydrogens is 218 g/mol. The molecule has 78 valence electrons. The maximum absolute atomic E-state index is 3.77. The third-order valence-electron chi connectivity index (χ3n) is 2.42. The van der Waals surface area contributed by atoms with Gasteiger partial charge < -0.3 is 0 Å². The van der Waals surface area contributed by atoms with E-state index in [2.05, 4.69) is 57.2 Å². The van der Waals surface area contributed by atoms with E-state index in [4.69, 9.17) is 0 Å². The van der Waals surface area contributed by atoms with Crippen LogP contribution in [0.15, 0.2) is 48.0 Å². The van der Waals surface area contributed by atoms with Crippen molar-refractivity contribution in [2.24, 2.45) is 0 Å².